The SMILES string of the molecule is CCOc1ccc2[nH]c(=O)c(-c3nc4ccccn4c3NCc3ccccc3)cc2c1. The van der Waals surface area contributed by atoms with Gasteiger partial charge in [-0.2, -0.15) is 0 Å². The summed E-state index contributed by atoms with van der Waals surface area (Å²) in [4.78, 5) is 20.7. The van der Waals surface area contributed by atoms with Crippen molar-refractivity contribution in [2.75, 3.05) is 11.9 Å². The molecular formula is C25H22N4O2. The molecule has 0 saturated carbocycles. The minimum Gasteiger partial charge on any atom is -0.494 e. The lowest BCUT2D eigenvalue weighted by Crippen LogP contribution is -2.11. The van der Waals surface area contributed by atoms with Crippen LogP contribution in [0, 0.1) is 0 Å². The lowest BCUT2D eigenvalue weighted by atomic mass is 10.1. The second kappa shape index (κ2) is 7.99. The zero-order valence-corrected chi connectivity index (χ0v) is 17.1. The molecule has 154 valence electrons. The van der Waals surface area contributed by atoms with Gasteiger partial charge >= 0.3 is 0 Å². The number of nitrogens with zero attached hydrogens (tertiary/aromatic N) is 2. The highest BCUT2D eigenvalue weighted by molar-refractivity contribution is 5.87. The monoisotopic (exact) mass is 410 g/mol. The molecule has 0 aliphatic carbocycles. The van der Waals surface area contributed by atoms with Crippen LogP contribution in [0.2, 0.25) is 0 Å². The van der Waals surface area contributed by atoms with Crippen LogP contribution in [0.25, 0.3) is 27.8 Å². The molecule has 0 fully saturated rings. The van der Waals surface area contributed by atoms with Gasteiger partial charge in [-0.3, -0.25) is 9.20 Å². The predicted octanol–water partition coefficient (Wildman–Crippen LogP) is 4.85. The van der Waals surface area contributed by atoms with Gasteiger partial charge in [-0.15, -0.1) is 0 Å². The van der Waals surface area contributed by atoms with E-state index in [0.29, 0.717) is 24.4 Å². The van der Waals surface area contributed by atoms with E-state index in [1.165, 1.54) is 0 Å². The molecule has 6 heteroatoms. The smallest absolute Gasteiger partial charge is 0.258 e. The first-order valence-corrected chi connectivity index (χ1v) is 10.3. The Balaban J connectivity index is 1.64. The van der Waals surface area contributed by atoms with E-state index in [1.54, 1.807) is 0 Å². The molecule has 0 amide bonds. The number of fused-ring (bicyclic) bond motifs is 2. The molecule has 0 unspecified atom stereocenters. The van der Waals surface area contributed by atoms with E-state index in [-0.39, 0.29) is 5.56 Å². The van der Waals surface area contributed by atoms with Crippen molar-refractivity contribution in [3.05, 3.63) is 94.9 Å². The van der Waals surface area contributed by atoms with Crippen molar-refractivity contribution >= 4 is 22.4 Å². The summed E-state index contributed by atoms with van der Waals surface area (Å²) in [5.41, 5.74) is 3.64. The minimum atomic E-state index is -0.178. The third-order valence-corrected chi connectivity index (χ3v) is 5.21. The second-order valence-electron chi connectivity index (χ2n) is 7.27. The Morgan fingerprint density at radius 3 is 2.71 bits per heavy atom. The summed E-state index contributed by atoms with van der Waals surface area (Å²) in [7, 11) is 0. The predicted molar refractivity (Wildman–Crippen MR) is 124 cm³/mol. The Morgan fingerprint density at radius 2 is 1.87 bits per heavy atom. The summed E-state index contributed by atoms with van der Waals surface area (Å²) in [6, 6.07) is 23.5. The Labute approximate surface area is 179 Å². The van der Waals surface area contributed by atoms with Gasteiger partial charge in [0.25, 0.3) is 5.56 Å². The maximum Gasteiger partial charge on any atom is 0.258 e. The van der Waals surface area contributed by atoms with Crippen LogP contribution in [0.1, 0.15) is 12.5 Å². The maximum atomic E-state index is 13.0. The molecule has 0 bridgehead atoms. The summed E-state index contributed by atoms with van der Waals surface area (Å²) in [6.45, 7) is 3.15. The highest BCUT2D eigenvalue weighted by Crippen LogP contribution is 2.29. The van der Waals surface area contributed by atoms with Gasteiger partial charge < -0.3 is 15.0 Å². The highest BCUT2D eigenvalue weighted by Gasteiger charge is 2.17. The van der Waals surface area contributed by atoms with Crippen molar-refractivity contribution < 1.29 is 4.74 Å². The Hall–Kier alpha value is -4.06. The first kappa shape index (κ1) is 18.9. The van der Waals surface area contributed by atoms with E-state index in [0.717, 1.165) is 33.7 Å². The van der Waals surface area contributed by atoms with E-state index in [2.05, 4.69) is 22.4 Å². The highest BCUT2D eigenvalue weighted by atomic mass is 16.5. The molecule has 0 saturated heterocycles. The number of pyridine rings is 2. The quantitative estimate of drug-likeness (QED) is 0.420. The van der Waals surface area contributed by atoms with Crippen LogP contribution in [0.15, 0.2) is 83.8 Å². The van der Waals surface area contributed by atoms with Gasteiger partial charge in [-0.05, 0) is 48.9 Å². The Morgan fingerprint density at radius 1 is 1.03 bits per heavy atom. The van der Waals surface area contributed by atoms with Crippen LogP contribution in [-0.2, 0) is 6.54 Å². The summed E-state index contributed by atoms with van der Waals surface area (Å²) in [6.07, 6.45) is 1.95. The average Bonchev–Trinajstić information content (AvgIpc) is 3.16. The van der Waals surface area contributed by atoms with Crippen LogP contribution in [-0.4, -0.2) is 21.0 Å². The van der Waals surface area contributed by atoms with Crippen LogP contribution >= 0.6 is 0 Å². The van der Waals surface area contributed by atoms with Gasteiger partial charge in [0.2, 0.25) is 0 Å². The molecule has 2 N–H and O–H groups in total. The molecule has 0 radical (unpaired) electrons. The van der Waals surface area contributed by atoms with E-state index < -0.39 is 0 Å². The van der Waals surface area contributed by atoms with Crippen LogP contribution in [0.5, 0.6) is 5.75 Å². The third-order valence-electron chi connectivity index (χ3n) is 5.21. The maximum absolute atomic E-state index is 13.0. The van der Waals surface area contributed by atoms with Gasteiger partial charge in [0.1, 0.15) is 22.9 Å². The molecule has 5 rings (SSSR count). The van der Waals surface area contributed by atoms with Gasteiger partial charge in [0, 0.05) is 23.6 Å². The number of rotatable bonds is 6. The number of anilines is 1. The molecule has 5 aromatic rings. The topological polar surface area (TPSA) is 71.4 Å². The molecule has 6 nitrogen and oxygen atoms in total. The van der Waals surface area contributed by atoms with Crippen LogP contribution in [0.3, 0.4) is 0 Å². The zero-order valence-electron chi connectivity index (χ0n) is 17.1. The van der Waals surface area contributed by atoms with E-state index in [4.69, 9.17) is 9.72 Å². The van der Waals surface area contributed by atoms with E-state index >= 15 is 0 Å². The van der Waals surface area contributed by atoms with Crippen molar-refractivity contribution in [2.24, 2.45) is 0 Å². The Kier molecular flexibility index (Phi) is 4.88. The van der Waals surface area contributed by atoms with Crippen molar-refractivity contribution in [1.29, 1.82) is 0 Å². The fraction of sp³-hybridized carbons (Fsp3) is 0.120. The second-order valence-corrected chi connectivity index (χ2v) is 7.27. The molecule has 2 aromatic carbocycles. The standard InChI is InChI=1S/C25H22N4O2/c1-2-31-19-11-12-21-18(14-19)15-20(25(30)27-21)23-24(26-16-17-8-4-3-5-9-17)29-13-7-6-10-22(29)28-23/h3-15,26H,2,16H2,1H3,(H,27,30). The van der Waals surface area contributed by atoms with Gasteiger partial charge in [-0.1, -0.05) is 36.4 Å². The number of hydrogen-bond donors (Lipinski definition) is 2. The molecular weight excluding hydrogens is 388 g/mol. The number of hydrogen-bond acceptors (Lipinski definition) is 4. The minimum absolute atomic E-state index is 0.178. The molecule has 0 aliphatic rings. The van der Waals surface area contributed by atoms with Gasteiger partial charge in [0.05, 0.1) is 12.2 Å². The number of benzene rings is 2. The van der Waals surface area contributed by atoms with Crippen LogP contribution < -0.4 is 15.6 Å². The first-order chi connectivity index (χ1) is 15.2. The average molecular weight is 410 g/mol. The molecule has 31 heavy (non-hydrogen) atoms. The van der Waals surface area contributed by atoms with Gasteiger partial charge in [-0.25, -0.2) is 4.98 Å². The fourth-order valence-electron chi connectivity index (χ4n) is 3.75. The third kappa shape index (κ3) is 3.64. The van der Waals surface area contributed by atoms with Crippen molar-refractivity contribution in [3.63, 3.8) is 0 Å². The first-order valence-electron chi connectivity index (χ1n) is 10.3. The van der Waals surface area contributed by atoms with Crippen molar-refractivity contribution in [1.82, 2.24) is 14.4 Å². The molecule has 3 aromatic heterocycles. The molecule has 0 spiro atoms. The number of imidazole rings is 1. The molecule has 0 atom stereocenters. The largest absolute Gasteiger partial charge is 0.494 e. The normalized spacial score (nSPS) is 11.1. The van der Waals surface area contributed by atoms with E-state index in [9.17, 15) is 4.79 Å². The number of nitrogens with one attached hydrogen (secondary N) is 2. The summed E-state index contributed by atoms with van der Waals surface area (Å²) >= 11 is 0. The summed E-state index contributed by atoms with van der Waals surface area (Å²) in [5.74, 6) is 1.55. The zero-order chi connectivity index (χ0) is 21.2. The lowest BCUT2D eigenvalue weighted by Gasteiger charge is -2.10. The fourth-order valence-corrected chi connectivity index (χ4v) is 3.75. The number of aromatic nitrogens is 3. The molecule has 0 aliphatic heterocycles. The number of aromatic amines is 1. The van der Waals surface area contributed by atoms with Crippen LogP contribution in [0.4, 0.5) is 5.82 Å². The van der Waals surface area contributed by atoms with Crippen molar-refractivity contribution in [2.45, 2.75) is 13.5 Å². The number of ether oxygens (including phenoxy) is 1. The molecule has 3 heterocycles. The lowest BCUT2D eigenvalue weighted by molar-refractivity contribution is 0.340. The summed E-state index contributed by atoms with van der Waals surface area (Å²) in [5, 5.41) is 4.38. The number of H-pyrrole nitrogens is 1. The van der Waals surface area contributed by atoms with Crippen molar-refractivity contribution in [3.8, 4) is 17.0 Å². The Bertz CT molecular complexity index is 1420. The van der Waals surface area contributed by atoms with E-state index in [1.807, 2.05) is 78.2 Å². The summed E-state index contributed by atoms with van der Waals surface area (Å²) < 4.78 is 7.60. The van der Waals surface area contributed by atoms with Gasteiger partial charge in [0.15, 0.2) is 0 Å².